The van der Waals surface area contributed by atoms with Crippen molar-refractivity contribution in [2.75, 3.05) is 26.8 Å². The van der Waals surface area contributed by atoms with Crippen molar-refractivity contribution in [1.29, 1.82) is 0 Å². The molecule has 1 N–H and O–H groups in total. The number of aromatic amines is 1. The van der Waals surface area contributed by atoms with E-state index in [0.717, 1.165) is 48.0 Å². The average Bonchev–Trinajstić information content (AvgIpc) is 3.37. The lowest BCUT2D eigenvalue weighted by molar-refractivity contribution is 0.178. The number of tetrazole rings is 1. The molecule has 8 nitrogen and oxygen atoms in total. The van der Waals surface area contributed by atoms with E-state index in [-0.39, 0.29) is 11.6 Å². The number of methoxy groups -OCH3 is 1. The maximum Gasteiger partial charge on any atom is 0.253 e. The molecule has 0 saturated carbocycles. The van der Waals surface area contributed by atoms with Crippen molar-refractivity contribution in [1.82, 2.24) is 30.1 Å². The van der Waals surface area contributed by atoms with Gasteiger partial charge in [-0.05, 0) is 67.4 Å². The van der Waals surface area contributed by atoms with Crippen LogP contribution in [0.1, 0.15) is 41.4 Å². The third kappa shape index (κ3) is 3.33. The number of nitrogens with one attached hydrogen (secondary N) is 1. The summed E-state index contributed by atoms with van der Waals surface area (Å²) >= 11 is 0. The van der Waals surface area contributed by atoms with Crippen LogP contribution in [-0.2, 0) is 11.3 Å². The highest BCUT2D eigenvalue weighted by Gasteiger charge is 2.32. The minimum atomic E-state index is -0.276. The fourth-order valence-corrected chi connectivity index (χ4v) is 4.04. The zero-order valence-electron chi connectivity index (χ0n) is 16.6. The first-order chi connectivity index (χ1) is 13.6. The lowest BCUT2D eigenvalue weighted by Crippen LogP contribution is -2.33. The molecule has 0 amide bonds. The quantitative estimate of drug-likeness (QED) is 0.701. The molecule has 148 valence electrons. The Balaban J connectivity index is 1.88. The van der Waals surface area contributed by atoms with E-state index in [2.05, 4.69) is 38.4 Å². The molecule has 4 rings (SSSR count). The van der Waals surface area contributed by atoms with E-state index in [9.17, 15) is 4.79 Å². The number of pyridine rings is 1. The van der Waals surface area contributed by atoms with Gasteiger partial charge in [0.15, 0.2) is 5.82 Å². The Bertz CT molecular complexity index is 1030. The van der Waals surface area contributed by atoms with Crippen molar-refractivity contribution in [3.8, 4) is 0 Å². The van der Waals surface area contributed by atoms with Gasteiger partial charge < -0.3 is 9.72 Å². The molecule has 3 aromatic rings. The van der Waals surface area contributed by atoms with Crippen molar-refractivity contribution >= 4 is 10.9 Å². The van der Waals surface area contributed by atoms with Gasteiger partial charge in [-0.15, -0.1) is 5.10 Å². The number of ether oxygens (including phenoxy) is 1. The molecule has 8 heteroatoms. The first kappa shape index (κ1) is 18.8. The highest BCUT2D eigenvalue weighted by molar-refractivity contribution is 5.85. The van der Waals surface area contributed by atoms with Gasteiger partial charge in [-0.3, -0.25) is 9.69 Å². The number of rotatable bonds is 6. The Hall–Kier alpha value is -2.58. The maximum absolute atomic E-state index is 13.1. The smallest absolute Gasteiger partial charge is 0.253 e. The second kappa shape index (κ2) is 7.81. The highest BCUT2D eigenvalue weighted by Crippen LogP contribution is 2.30. The summed E-state index contributed by atoms with van der Waals surface area (Å²) < 4.78 is 6.94. The number of nitrogens with zero attached hydrogens (tertiary/aromatic N) is 5. The summed E-state index contributed by atoms with van der Waals surface area (Å²) in [5.41, 5.74) is 3.70. The van der Waals surface area contributed by atoms with Crippen molar-refractivity contribution < 1.29 is 4.74 Å². The van der Waals surface area contributed by atoms with Crippen LogP contribution >= 0.6 is 0 Å². The fraction of sp³-hybridized carbons (Fsp3) is 0.500. The standard InChI is InChI=1S/C20H26N6O2/c1-13-6-7-14(2)17-15(13)12-16(20(27)21-17)18(25-8-4-5-9-25)19-22-23-24-26(19)10-11-28-3/h6-7,12,18H,4-5,8-11H2,1-3H3,(H,21,27)/t18-/m0/s1. The van der Waals surface area contributed by atoms with Crippen molar-refractivity contribution in [2.24, 2.45) is 0 Å². The van der Waals surface area contributed by atoms with Crippen LogP contribution in [0.25, 0.3) is 10.9 Å². The van der Waals surface area contributed by atoms with Gasteiger partial charge in [-0.2, -0.15) is 0 Å². The summed E-state index contributed by atoms with van der Waals surface area (Å²) in [6.07, 6.45) is 2.22. The molecule has 3 heterocycles. The Morgan fingerprint density at radius 1 is 1.21 bits per heavy atom. The van der Waals surface area contributed by atoms with Crippen LogP contribution in [0, 0.1) is 13.8 Å². The molecule has 1 fully saturated rings. The predicted octanol–water partition coefficient (Wildman–Crippen LogP) is 1.96. The topological polar surface area (TPSA) is 88.9 Å². The lowest BCUT2D eigenvalue weighted by Gasteiger charge is -2.26. The normalized spacial score (nSPS) is 16.1. The van der Waals surface area contributed by atoms with Gasteiger partial charge >= 0.3 is 0 Å². The molecule has 2 aromatic heterocycles. The van der Waals surface area contributed by atoms with E-state index in [1.807, 2.05) is 19.1 Å². The minimum absolute atomic E-state index is 0.0839. The van der Waals surface area contributed by atoms with E-state index < -0.39 is 0 Å². The number of aryl methyl sites for hydroxylation is 2. The minimum Gasteiger partial charge on any atom is -0.383 e. The number of hydrogen-bond acceptors (Lipinski definition) is 6. The van der Waals surface area contributed by atoms with Crippen LogP contribution in [0.5, 0.6) is 0 Å². The molecule has 1 aliphatic heterocycles. The van der Waals surface area contributed by atoms with Crippen LogP contribution in [-0.4, -0.2) is 56.9 Å². The van der Waals surface area contributed by atoms with E-state index in [0.29, 0.717) is 24.5 Å². The molecule has 1 aliphatic rings. The fourth-order valence-electron chi connectivity index (χ4n) is 4.04. The average molecular weight is 382 g/mol. The van der Waals surface area contributed by atoms with Crippen LogP contribution in [0.4, 0.5) is 0 Å². The van der Waals surface area contributed by atoms with Gasteiger partial charge in [-0.1, -0.05) is 12.1 Å². The van der Waals surface area contributed by atoms with E-state index in [1.54, 1.807) is 11.8 Å². The number of aromatic nitrogens is 5. The Morgan fingerprint density at radius 3 is 2.71 bits per heavy atom. The molecule has 0 spiro atoms. The Morgan fingerprint density at radius 2 is 1.96 bits per heavy atom. The van der Waals surface area contributed by atoms with Gasteiger partial charge in [0.1, 0.15) is 6.04 Å². The highest BCUT2D eigenvalue weighted by atomic mass is 16.5. The van der Waals surface area contributed by atoms with Gasteiger partial charge in [0.2, 0.25) is 0 Å². The maximum atomic E-state index is 13.1. The monoisotopic (exact) mass is 382 g/mol. The lowest BCUT2D eigenvalue weighted by atomic mass is 10.00. The third-order valence-corrected chi connectivity index (χ3v) is 5.58. The summed E-state index contributed by atoms with van der Waals surface area (Å²) in [5, 5.41) is 13.4. The SMILES string of the molecule is COCCn1nnnc1[C@H](c1cc2c(C)ccc(C)c2[nH]c1=O)N1CCCC1. The summed E-state index contributed by atoms with van der Waals surface area (Å²) in [5.74, 6) is 0.689. The molecule has 1 saturated heterocycles. The third-order valence-electron chi connectivity index (χ3n) is 5.58. The van der Waals surface area contributed by atoms with Gasteiger partial charge in [0, 0.05) is 18.1 Å². The number of hydrogen-bond donors (Lipinski definition) is 1. The van der Waals surface area contributed by atoms with Gasteiger partial charge in [-0.25, -0.2) is 4.68 Å². The Kier molecular flexibility index (Phi) is 5.23. The zero-order valence-corrected chi connectivity index (χ0v) is 16.6. The van der Waals surface area contributed by atoms with Crippen molar-refractivity contribution in [3.05, 3.63) is 51.1 Å². The first-order valence-electron chi connectivity index (χ1n) is 9.72. The molecule has 0 bridgehead atoms. The molecule has 0 radical (unpaired) electrons. The van der Waals surface area contributed by atoms with E-state index >= 15 is 0 Å². The number of likely N-dealkylation sites (tertiary alicyclic amines) is 1. The van der Waals surface area contributed by atoms with Crippen LogP contribution in [0.3, 0.4) is 0 Å². The molecule has 0 unspecified atom stereocenters. The van der Waals surface area contributed by atoms with Crippen LogP contribution in [0.2, 0.25) is 0 Å². The second-order valence-electron chi connectivity index (χ2n) is 7.44. The van der Waals surface area contributed by atoms with E-state index in [4.69, 9.17) is 4.74 Å². The van der Waals surface area contributed by atoms with Crippen molar-refractivity contribution in [2.45, 2.75) is 39.3 Å². The second-order valence-corrected chi connectivity index (χ2v) is 7.44. The summed E-state index contributed by atoms with van der Waals surface area (Å²) in [6.45, 7) is 6.99. The number of benzene rings is 1. The van der Waals surface area contributed by atoms with Crippen molar-refractivity contribution in [3.63, 3.8) is 0 Å². The number of H-pyrrole nitrogens is 1. The summed E-state index contributed by atoms with van der Waals surface area (Å²) in [7, 11) is 1.65. The number of fused-ring (bicyclic) bond motifs is 1. The predicted molar refractivity (Wildman–Crippen MR) is 106 cm³/mol. The molecular weight excluding hydrogens is 356 g/mol. The van der Waals surface area contributed by atoms with Crippen LogP contribution < -0.4 is 5.56 Å². The first-order valence-corrected chi connectivity index (χ1v) is 9.72. The van der Waals surface area contributed by atoms with Crippen LogP contribution in [0.15, 0.2) is 23.0 Å². The van der Waals surface area contributed by atoms with E-state index in [1.165, 1.54) is 0 Å². The molecule has 1 atom stereocenters. The molecule has 28 heavy (non-hydrogen) atoms. The zero-order chi connectivity index (χ0) is 19.7. The molecule has 0 aliphatic carbocycles. The summed E-state index contributed by atoms with van der Waals surface area (Å²) in [6, 6.07) is 5.88. The molecular formula is C20H26N6O2. The van der Waals surface area contributed by atoms with Gasteiger partial charge in [0.05, 0.1) is 18.7 Å². The largest absolute Gasteiger partial charge is 0.383 e. The summed E-state index contributed by atoms with van der Waals surface area (Å²) in [4.78, 5) is 18.5. The Labute approximate surface area is 163 Å². The molecule has 1 aromatic carbocycles. The van der Waals surface area contributed by atoms with Gasteiger partial charge in [0.25, 0.3) is 5.56 Å².